The van der Waals surface area contributed by atoms with Crippen molar-refractivity contribution in [3.8, 4) is 0 Å². The Balaban J connectivity index is 1.29. The number of piperidine rings is 1. The van der Waals surface area contributed by atoms with Crippen molar-refractivity contribution in [3.63, 3.8) is 0 Å². The minimum absolute atomic E-state index is 0.0613. The molecule has 196 valence electrons. The van der Waals surface area contributed by atoms with Gasteiger partial charge in [0.1, 0.15) is 11.3 Å². The molecule has 1 aliphatic heterocycles. The lowest BCUT2D eigenvalue weighted by Crippen LogP contribution is -2.42. The van der Waals surface area contributed by atoms with Gasteiger partial charge in [-0.15, -0.1) is 0 Å². The van der Waals surface area contributed by atoms with Crippen molar-refractivity contribution in [1.29, 1.82) is 0 Å². The number of ether oxygens (including phenoxy) is 1. The fourth-order valence-electron chi connectivity index (χ4n) is 5.88. The zero-order chi connectivity index (χ0) is 25.8. The Morgan fingerprint density at radius 1 is 1.08 bits per heavy atom. The van der Waals surface area contributed by atoms with Crippen LogP contribution < -0.4 is 5.32 Å². The molecule has 1 saturated carbocycles. The molecule has 0 bridgehead atoms. The van der Waals surface area contributed by atoms with Gasteiger partial charge in [0.05, 0.1) is 18.2 Å². The van der Waals surface area contributed by atoms with Crippen LogP contribution >= 0.6 is 11.6 Å². The van der Waals surface area contributed by atoms with Gasteiger partial charge in [-0.1, -0.05) is 49.1 Å². The van der Waals surface area contributed by atoms with E-state index in [2.05, 4.69) is 22.4 Å². The van der Waals surface area contributed by atoms with Crippen molar-refractivity contribution in [2.24, 2.45) is 0 Å². The summed E-state index contributed by atoms with van der Waals surface area (Å²) in [5.41, 5.74) is 3.00. The number of pyridine rings is 1. The predicted molar refractivity (Wildman–Crippen MR) is 144 cm³/mol. The number of fused-ring (bicyclic) bond motifs is 1. The molecule has 0 spiro atoms. The molecule has 7 nitrogen and oxygen atoms in total. The highest BCUT2D eigenvalue weighted by atomic mass is 35.5. The van der Waals surface area contributed by atoms with E-state index in [9.17, 15) is 9.59 Å². The number of rotatable bonds is 7. The number of benzene rings is 1. The van der Waals surface area contributed by atoms with Crippen LogP contribution in [0.3, 0.4) is 0 Å². The van der Waals surface area contributed by atoms with Crippen LogP contribution in [0.2, 0.25) is 5.02 Å². The van der Waals surface area contributed by atoms with Crippen LogP contribution in [0.4, 0.5) is 0 Å². The minimum atomic E-state index is -0.138. The topological polar surface area (TPSA) is 75.9 Å². The summed E-state index contributed by atoms with van der Waals surface area (Å²) in [6, 6.07) is 13.6. The van der Waals surface area contributed by atoms with Crippen LogP contribution in [0, 0.1) is 0 Å². The smallest absolute Gasteiger partial charge is 0.268 e. The molecule has 1 aromatic carbocycles. The first kappa shape index (κ1) is 25.7. The molecule has 8 heteroatoms. The molecule has 3 aromatic rings. The number of likely N-dealkylation sites (tertiary alicyclic amines) is 1. The SMILES string of the molecule is COC1CCN(C(=O)Cc2cn3c(C(=O)NCC4(c5ccc(Cl)cc5)CCCCC4)cccc3n2)CC1. The Bertz CT molecular complexity index is 1240. The maximum atomic E-state index is 13.4. The standard InChI is InChI=1S/C29H35ClN4O3/c1-37-24-12-16-33(17-13-24)27(35)18-23-19-34-25(6-5-7-26(34)32-23)28(36)31-20-29(14-3-2-4-15-29)21-8-10-22(30)11-9-21/h5-11,19,24H,2-4,12-18,20H2,1H3,(H,31,36). The molecule has 1 N–H and O–H groups in total. The lowest BCUT2D eigenvalue weighted by Gasteiger charge is -2.38. The molecule has 2 aromatic heterocycles. The molecular formula is C29H35ClN4O3. The monoisotopic (exact) mass is 522 g/mol. The van der Waals surface area contributed by atoms with E-state index in [0.717, 1.165) is 43.5 Å². The van der Waals surface area contributed by atoms with E-state index in [-0.39, 0.29) is 29.8 Å². The highest BCUT2D eigenvalue weighted by Gasteiger charge is 2.34. The Morgan fingerprint density at radius 2 is 1.81 bits per heavy atom. The lowest BCUT2D eigenvalue weighted by molar-refractivity contribution is -0.132. The second-order valence-corrected chi connectivity index (χ2v) is 10.8. The average Bonchev–Trinajstić information content (AvgIpc) is 3.35. The van der Waals surface area contributed by atoms with E-state index in [4.69, 9.17) is 16.3 Å². The van der Waals surface area contributed by atoms with Crippen LogP contribution in [0.25, 0.3) is 5.65 Å². The quantitative estimate of drug-likeness (QED) is 0.483. The van der Waals surface area contributed by atoms with E-state index in [1.807, 2.05) is 35.4 Å². The normalized spacial score (nSPS) is 18.2. The third kappa shape index (κ3) is 5.68. The average molecular weight is 523 g/mol. The number of aromatic nitrogens is 2. The third-order valence-electron chi connectivity index (χ3n) is 8.09. The number of carbonyl (C=O) groups is 2. The second kappa shape index (κ2) is 11.2. The molecule has 1 saturated heterocycles. The van der Waals surface area contributed by atoms with Gasteiger partial charge in [-0.25, -0.2) is 4.98 Å². The molecule has 1 aliphatic carbocycles. The van der Waals surface area contributed by atoms with Crippen molar-refractivity contribution < 1.29 is 14.3 Å². The number of nitrogens with zero attached hydrogens (tertiary/aromatic N) is 3. The molecule has 2 amide bonds. The van der Waals surface area contributed by atoms with Gasteiger partial charge in [0.15, 0.2) is 0 Å². The van der Waals surface area contributed by atoms with Gasteiger partial charge < -0.3 is 15.0 Å². The first-order valence-electron chi connectivity index (χ1n) is 13.3. The van der Waals surface area contributed by atoms with E-state index >= 15 is 0 Å². The summed E-state index contributed by atoms with van der Waals surface area (Å²) >= 11 is 6.14. The van der Waals surface area contributed by atoms with E-state index in [1.54, 1.807) is 17.6 Å². The fourth-order valence-corrected chi connectivity index (χ4v) is 6.00. The Kier molecular flexibility index (Phi) is 7.81. The fraction of sp³-hybridized carbons (Fsp3) is 0.483. The molecule has 0 radical (unpaired) electrons. The summed E-state index contributed by atoms with van der Waals surface area (Å²) in [5, 5.41) is 3.94. The number of hydrogen-bond donors (Lipinski definition) is 1. The van der Waals surface area contributed by atoms with Gasteiger partial charge >= 0.3 is 0 Å². The van der Waals surface area contributed by atoms with Gasteiger partial charge in [-0.3, -0.25) is 14.0 Å². The van der Waals surface area contributed by atoms with Gasteiger partial charge in [-0.05, 0) is 55.5 Å². The minimum Gasteiger partial charge on any atom is -0.381 e. The summed E-state index contributed by atoms with van der Waals surface area (Å²) in [6.45, 7) is 1.97. The Labute approximate surface area is 223 Å². The summed E-state index contributed by atoms with van der Waals surface area (Å²) < 4.78 is 7.21. The van der Waals surface area contributed by atoms with Gasteiger partial charge in [0.2, 0.25) is 5.91 Å². The Morgan fingerprint density at radius 3 is 2.51 bits per heavy atom. The van der Waals surface area contributed by atoms with Crippen molar-refractivity contribution in [1.82, 2.24) is 19.6 Å². The van der Waals surface area contributed by atoms with E-state index < -0.39 is 0 Å². The highest BCUT2D eigenvalue weighted by Crippen LogP contribution is 2.39. The van der Waals surface area contributed by atoms with E-state index in [1.165, 1.54) is 12.0 Å². The second-order valence-electron chi connectivity index (χ2n) is 10.4. The number of halogens is 1. The predicted octanol–water partition coefficient (Wildman–Crippen LogP) is 4.80. The molecule has 2 fully saturated rings. The molecular weight excluding hydrogens is 488 g/mol. The number of carbonyl (C=O) groups excluding carboxylic acids is 2. The summed E-state index contributed by atoms with van der Waals surface area (Å²) in [7, 11) is 1.72. The van der Waals surface area contributed by atoms with Crippen molar-refractivity contribution in [2.75, 3.05) is 26.7 Å². The number of hydrogen-bond acceptors (Lipinski definition) is 4. The van der Waals surface area contributed by atoms with Gasteiger partial charge in [-0.2, -0.15) is 0 Å². The van der Waals surface area contributed by atoms with Crippen molar-refractivity contribution in [3.05, 3.63) is 70.6 Å². The van der Waals surface area contributed by atoms with Crippen LogP contribution in [0.1, 0.15) is 66.7 Å². The summed E-state index contributed by atoms with van der Waals surface area (Å²) in [5.74, 6) is -0.0763. The number of methoxy groups -OCH3 is 1. The molecule has 0 atom stereocenters. The zero-order valence-corrected chi connectivity index (χ0v) is 22.2. The summed E-state index contributed by atoms with van der Waals surface area (Å²) in [4.78, 5) is 32.8. The largest absolute Gasteiger partial charge is 0.381 e. The van der Waals surface area contributed by atoms with Crippen LogP contribution in [0.5, 0.6) is 0 Å². The number of nitrogens with one attached hydrogen (secondary N) is 1. The highest BCUT2D eigenvalue weighted by molar-refractivity contribution is 6.30. The van der Waals surface area contributed by atoms with Crippen LogP contribution in [0.15, 0.2) is 48.7 Å². The number of amides is 2. The third-order valence-corrected chi connectivity index (χ3v) is 8.34. The first-order chi connectivity index (χ1) is 18.0. The molecule has 37 heavy (non-hydrogen) atoms. The van der Waals surface area contributed by atoms with Crippen molar-refractivity contribution >= 4 is 29.1 Å². The van der Waals surface area contributed by atoms with E-state index in [0.29, 0.717) is 36.7 Å². The van der Waals surface area contributed by atoms with Crippen LogP contribution in [-0.4, -0.2) is 58.9 Å². The van der Waals surface area contributed by atoms with Crippen LogP contribution in [-0.2, 0) is 21.4 Å². The van der Waals surface area contributed by atoms with Gasteiger partial charge in [0, 0.05) is 43.4 Å². The zero-order valence-electron chi connectivity index (χ0n) is 21.4. The maximum Gasteiger partial charge on any atom is 0.268 e. The Hall–Kier alpha value is -2.90. The maximum absolute atomic E-state index is 13.4. The van der Waals surface area contributed by atoms with Crippen molar-refractivity contribution in [2.45, 2.75) is 62.9 Å². The molecule has 0 unspecified atom stereocenters. The number of imidazole rings is 1. The molecule has 3 heterocycles. The first-order valence-corrected chi connectivity index (χ1v) is 13.7. The molecule has 5 rings (SSSR count). The molecule has 2 aliphatic rings. The lowest BCUT2D eigenvalue weighted by atomic mass is 9.69. The van der Waals surface area contributed by atoms with Gasteiger partial charge in [0.25, 0.3) is 5.91 Å². The summed E-state index contributed by atoms with van der Waals surface area (Å²) in [6.07, 6.45) is 9.59.